The molecule has 114 valence electrons. The minimum atomic E-state index is -1.59. The van der Waals surface area contributed by atoms with Crippen molar-refractivity contribution in [1.29, 1.82) is 0 Å². The molecular formula is C13H16ClN3O4. The number of hydrogen-bond donors (Lipinski definition) is 3. The lowest BCUT2D eigenvalue weighted by Gasteiger charge is -2.18. The van der Waals surface area contributed by atoms with Crippen LogP contribution in [0.25, 0.3) is 0 Å². The zero-order valence-electron chi connectivity index (χ0n) is 11.6. The fraction of sp³-hybridized carbons (Fsp3) is 0.308. The second-order valence-corrected chi connectivity index (χ2v) is 4.85. The first-order valence-corrected chi connectivity index (χ1v) is 6.42. The largest absolute Gasteiger partial charge is 0.479 e. The molecule has 0 bridgehead atoms. The highest BCUT2D eigenvalue weighted by Crippen LogP contribution is 2.26. The van der Waals surface area contributed by atoms with Gasteiger partial charge in [0.15, 0.2) is 12.1 Å². The third kappa shape index (κ3) is 4.64. The number of aryl methyl sites for hydroxylation is 1. The van der Waals surface area contributed by atoms with Crippen molar-refractivity contribution in [1.82, 2.24) is 5.32 Å². The molecular weight excluding hydrogens is 298 g/mol. The van der Waals surface area contributed by atoms with Crippen LogP contribution in [0.5, 0.6) is 5.75 Å². The molecule has 0 spiro atoms. The predicted octanol–water partition coefficient (Wildman–Crippen LogP) is -0.129. The van der Waals surface area contributed by atoms with Crippen LogP contribution in [0.3, 0.4) is 0 Å². The lowest BCUT2D eigenvalue weighted by atomic mass is 10.2. The van der Waals surface area contributed by atoms with Crippen LogP contribution in [0, 0.1) is 6.92 Å². The van der Waals surface area contributed by atoms with Crippen molar-refractivity contribution in [3.63, 3.8) is 0 Å². The van der Waals surface area contributed by atoms with Gasteiger partial charge in [0, 0.05) is 0 Å². The minimum absolute atomic E-state index is 0.314. The summed E-state index contributed by atoms with van der Waals surface area (Å²) in [5.74, 6) is -2.49. The van der Waals surface area contributed by atoms with Gasteiger partial charge in [0.2, 0.25) is 11.8 Å². The molecule has 1 rings (SSSR count). The third-order valence-electron chi connectivity index (χ3n) is 2.62. The number of nitrogens with one attached hydrogen (secondary N) is 1. The van der Waals surface area contributed by atoms with E-state index in [0.717, 1.165) is 5.56 Å². The summed E-state index contributed by atoms with van der Waals surface area (Å²) in [6, 6.07) is 3.49. The molecule has 21 heavy (non-hydrogen) atoms. The Morgan fingerprint density at radius 1 is 1.24 bits per heavy atom. The van der Waals surface area contributed by atoms with Gasteiger partial charge in [-0.25, -0.2) is 0 Å². The zero-order chi connectivity index (χ0) is 16.2. The molecule has 1 atom stereocenters. The predicted molar refractivity (Wildman–Crippen MR) is 76.6 cm³/mol. The van der Waals surface area contributed by atoms with Crippen LogP contribution in [-0.4, -0.2) is 29.9 Å². The average molecular weight is 314 g/mol. The molecule has 0 fully saturated rings. The van der Waals surface area contributed by atoms with E-state index in [1.165, 1.54) is 6.92 Å². The molecule has 5 N–H and O–H groups in total. The number of amides is 3. The molecule has 0 radical (unpaired) electrons. The van der Waals surface area contributed by atoms with Crippen LogP contribution in [0.15, 0.2) is 18.2 Å². The van der Waals surface area contributed by atoms with Gasteiger partial charge in [-0.15, -0.1) is 0 Å². The van der Waals surface area contributed by atoms with Gasteiger partial charge in [-0.2, -0.15) is 0 Å². The van der Waals surface area contributed by atoms with Crippen LogP contribution in [0.1, 0.15) is 12.5 Å². The Labute approximate surface area is 126 Å². The molecule has 0 saturated carbocycles. The highest BCUT2D eigenvalue weighted by molar-refractivity contribution is 6.32. The Balaban J connectivity index is 2.77. The quantitative estimate of drug-likeness (QED) is 0.633. The Morgan fingerprint density at radius 3 is 2.33 bits per heavy atom. The second-order valence-electron chi connectivity index (χ2n) is 4.44. The Hall–Kier alpha value is -2.28. The van der Waals surface area contributed by atoms with Crippen LogP contribution < -0.4 is 21.5 Å². The molecule has 0 aliphatic carbocycles. The SMILES string of the molecule is Cc1ccc(Cl)c(O[C@H](C)C(=O)NC(C(N)=O)C(N)=O)c1. The van der Waals surface area contributed by atoms with E-state index >= 15 is 0 Å². The monoisotopic (exact) mass is 313 g/mol. The molecule has 0 aliphatic rings. The van der Waals surface area contributed by atoms with Gasteiger partial charge >= 0.3 is 0 Å². The van der Waals surface area contributed by atoms with Gasteiger partial charge in [-0.05, 0) is 31.5 Å². The fourth-order valence-corrected chi connectivity index (χ4v) is 1.65. The van der Waals surface area contributed by atoms with Gasteiger partial charge in [-0.3, -0.25) is 14.4 Å². The summed E-state index contributed by atoms with van der Waals surface area (Å²) in [7, 11) is 0. The average Bonchev–Trinajstić information content (AvgIpc) is 2.38. The molecule has 1 aromatic carbocycles. The van der Waals surface area contributed by atoms with E-state index in [1.54, 1.807) is 18.2 Å². The molecule has 0 saturated heterocycles. The van der Waals surface area contributed by atoms with Crippen LogP contribution in [0.2, 0.25) is 5.02 Å². The number of hydrogen-bond acceptors (Lipinski definition) is 4. The Bertz CT molecular complexity index is 563. The van der Waals surface area contributed by atoms with E-state index in [0.29, 0.717) is 10.8 Å². The van der Waals surface area contributed by atoms with Crippen LogP contribution >= 0.6 is 11.6 Å². The summed E-state index contributed by atoms with van der Waals surface area (Å²) >= 11 is 5.95. The lowest BCUT2D eigenvalue weighted by molar-refractivity contribution is -0.136. The third-order valence-corrected chi connectivity index (χ3v) is 2.93. The van der Waals surface area contributed by atoms with Crippen molar-refractivity contribution in [3.8, 4) is 5.75 Å². The van der Waals surface area contributed by atoms with Crippen LogP contribution in [0.4, 0.5) is 0 Å². The number of carbonyl (C=O) groups excluding carboxylic acids is 3. The van der Waals surface area contributed by atoms with Gasteiger partial charge in [0.25, 0.3) is 5.91 Å². The van der Waals surface area contributed by atoms with E-state index < -0.39 is 29.9 Å². The molecule has 0 aliphatic heterocycles. The maximum atomic E-state index is 11.9. The first-order valence-electron chi connectivity index (χ1n) is 6.04. The standard InChI is InChI=1S/C13H16ClN3O4/c1-6-3-4-8(14)9(5-6)21-7(2)13(20)17-10(11(15)18)12(16)19/h3-5,7,10H,1-2H3,(H2,15,18)(H2,16,19)(H,17,20)/t7-/m1/s1. The summed E-state index contributed by atoms with van der Waals surface area (Å²) in [5, 5.41) is 2.45. The molecule has 1 aromatic rings. The van der Waals surface area contributed by atoms with E-state index in [9.17, 15) is 14.4 Å². The normalized spacial score (nSPS) is 11.8. The Morgan fingerprint density at radius 2 is 1.81 bits per heavy atom. The number of halogens is 1. The van der Waals surface area contributed by atoms with Gasteiger partial charge in [-0.1, -0.05) is 17.7 Å². The zero-order valence-corrected chi connectivity index (χ0v) is 12.3. The van der Waals surface area contributed by atoms with Crippen molar-refractivity contribution < 1.29 is 19.1 Å². The highest BCUT2D eigenvalue weighted by Gasteiger charge is 2.27. The molecule has 7 nitrogen and oxygen atoms in total. The summed E-state index contributed by atoms with van der Waals surface area (Å²) < 4.78 is 5.40. The number of carbonyl (C=O) groups is 3. The summed E-state index contributed by atoms with van der Waals surface area (Å²) in [6.45, 7) is 3.27. The number of primary amides is 2. The number of nitrogens with two attached hydrogens (primary N) is 2. The number of benzene rings is 1. The maximum Gasteiger partial charge on any atom is 0.261 e. The van der Waals surface area contributed by atoms with E-state index in [-0.39, 0.29) is 0 Å². The highest BCUT2D eigenvalue weighted by atomic mass is 35.5. The maximum absolute atomic E-state index is 11.9. The van der Waals surface area contributed by atoms with Gasteiger partial charge in [0.05, 0.1) is 5.02 Å². The molecule has 0 heterocycles. The first kappa shape index (κ1) is 16.8. The Kier molecular flexibility index (Phi) is 5.54. The molecule has 3 amide bonds. The smallest absolute Gasteiger partial charge is 0.261 e. The summed E-state index contributed by atoms with van der Waals surface area (Å²) in [6.07, 6.45) is -0.995. The van der Waals surface area contributed by atoms with Crippen molar-refractivity contribution in [2.24, 2.45) is 11.5 Å². The van der Waals surface area contributed by atoms with Crippen molar-refractivity contribution in [2.75, 3.05) is 0 Å². The van der Waals surface area contributed by atoms with Gasteiger partial charge in [0.1, 0.15) is 5.75 Å². The number of ether oxygens (including phenoxy) is 1. The van der Waals surface area contributed by atoms with Crippen molar-refractivity contribution >= 4 is 29.3 Å². The second kappa shape index (κ2) is 6.94. The number of rotatable bonds is 6. The van der Waals surface area contributed by atoms with Crippen LogP contribution in [-0.2, 0) is 14.4 Å². The van der Waals surface area contributed by atoms with E-state index in [2.05, 4.69) is 5.32 Å². The topological polar surface area (TPSA) is 125 Å². The summed E-state index contributed by atoms with van der Waals surface area (Å²) in [5.41, 5.74) is 10.8. The van der Waals surface area contributed by atoms with Gasteiger partial charge < -0.3 is 21.5 Å². The lowest BCUT2D eigenvalue weighted by Crippen LogP contribution is -2.55. The van der Waals surface area contributed by atoms with Crippen molar-refractivity contribution in [3.05, 3.63) is 28.8 Å². The molecule has 0 unspecified atom stereocenters. The molecule has 8 heteroatoms. The minimum Gasteiger partial charge on any atom is -0.479 e. The first-order chi connectivity index (χ1) is 9.72. The fourth-order valence-electron chi connectivity index (χ4n) is 1.49. The van der Waals surface area contributed by atoms with E-state index in [1.807, 2.05) is 6.92 Å². The molecule has 0 aromatic heterocycles. The summed E-state index contributed by atoms with van der Waals surface area (Å²) in [4.78, 5) is 33.9. The van der Waals surface area contributed by atoms with E-state index in [4.69, 9.17) is 27.8 Å². The van der Waals surface area contributed by atoms with Crippen molar-refractivity contribution in [2.45, 2.75) is 26.0 Å².